The van der Waals surface area contributed by atoms with Gasteiger partial charge in [0.2, 0.25) is 0 Å². The van der Waals surface area contributed by atoms with Gasteiger partial charge in [-0.05, 0) is 18.5 Å². The first kappa shape index (κ1) is 12.2. The minimum atomic E-state index is -1.42. The zero-order chi connectivity index (χ0) is 11.3. The van der Waals surface area contributed by atoms with Crippen LogP contribution in [0, 0.1) is 0 Å². The lowest BCUT2D eigenvalue weighted by molar-refractivity contribution is 0.218. The fourth-order valence-corrected chi connectivity index (χ4v) is 1.28. The van der Waals surface area contributed by atoms with Gasteiger partial charge in [0.1, 0.15) is 5.76 Å². The van der Waals surface area contributed by atoms with Gasteiger partial charge in [0.05, 0.1) is 12.8 Å². The molecule has 5 nitrogen and oxygen atoms in total. The van der Waals surface area contributed by atoms with E-state index in [0.29, 0.717) is 5.76 Å². The fraction of sp³-hybridized carbons (Fsp3) is 0.375. The molecule has 15 heavy (non-hydrogen) atoms. The van der Waals surface area contributed by atoms with Gasteiger partial charge in [-0.25, -0.2) is 0 Å². The van der Waals surface area contributed by atoms with E-state index in [-0.39, 0.29) is 19.4 Å². The van der Waals surface area contributed by atoms with Crippen LogP contribution in [0.5, 0.6) is 0 Å². The summed E-state index contributed by atoms with van der Waals surface area (Å²) in [6, 6.07) is 3.45. The summed E-state index contributed by atoms with van der Waals surface area (Å²) < 4.78 is 5.07. The van der Waals surface area contributed by atoms with E-state index in [1.807, 2.05) is 0 Å². The van der Waals surface area contributed by atoms with Crippen LogP contribution in [0.15, 0.2) is 22.8 Å². The summed E-state index contributed by atoms with van der Waals surface area (Å²) in [5, 5.41) is 16.9. The van der Waals surface area contributed by atoms with Gasteiger partial charge in [-0.2, -0.15) is 0 Å². The average Bonchev–Trinajstić information content (AvgIpc) is 2.63. The second kappa shape index (κ2) is 5.84. The number of rotatable bonds is 5. The second-order valence-electron chi connectivity index (χ2n) is 3.05. The topological polar surface area (TPSA) is 73.9 Å². The number of carbonyl (C=O) groups excluding carboxylic acids is 1. The lowest BCUT2D eigenvalue weighted by atomic mass is 9.86. The Morgan fingerprint density at radius 1 is 1.60 bits per heavy atom. The van der Waals surface area contributed by atoms with Crippen molar-refractivity contribution in [3.8, 4) is 0 Å². The number of nitrogens with zero attached hydrogens (tertiary/aromatic N) is 1. The Hall–Kier alpha value is -0.915. The maximum absolute atomic E-state index is 11.1. The molecule has 0 aliphatic heterocycles. The third-order valence-electron chi connectivity index (χ3n) is 1.85. The molecule has 1 aromatic heterocycles. The number of amides is 1. The first-order chi connectivity index (χ1) is 7.09. The van der Waals surface area contributed by atoms with Crippen LogP contribution in [-0.4, -0.2) is 33.9 Å². The zero-order valence-corrected chi connectivity index (χ0v) is 8.93. The number of furan rings is 1. The highest BCUT2D eigenvalue weighted by molar-refractivity contribution is 7.96. The van der Waals surface area contributed by atoms with Crippen LogP contribution in [0.3, 0.4) is 0 Å². The molecular formula is C8H12BNO4S. The standard InChI is InChI=1S/C8H12BNO4S/c11-8(15)10(4-3-9(12)13)6-7-2-1-5-14-7/h1-2,5,12-13H,3-4,6H2,(H,11,15). The Kier molecular flexibility index (Phi) is 4.74. The summed E-state index contributed by atoms with van der Waals surface area (Å²) in [7, 11) is -1.42. The van der Waals surface area contributed by atoms with Gasteiger partial charge >= 0.3 is 7.12 Å². The van der Waals surface area contributed by atoms with Crippen LogP contribution in [0.25, 0.3) is 0 Å². The molecule has 1 rings (SSSR count). The summed E-state index contributed by atoms with van der Waals surface area (Å²) in [6.45, 7) is 0.503. The maximum atomic E-state index is 11.1. The highest BCUT2D eigenvalue weighted by Gasteiger charge is 2.15. The molecule has 0 spiro atoms. The summed E-state index contributed by atoms with van der Waals surface area (Å²) in [5.41, 5.74) is 0. The van der Waals surface area contributed by atoms with Crippen molar-refractivity contribution in [1.82, 2.24) is 4.90 Å². The normalized spacial score (nSPS) is 10.1. The number of hydrogen-bond acceptors (Lipinski definition) is 4. The van der Waals surface area contributed by atoms with Gasteiger partial charge in [0.15, 0.2) is 0 Å². The van der Waals surface area contributed by atoms with E-state index in [0.717, 1.165) is 0 Å². The number of thiol groups is 1. The highest BCUT2D eigenvalue weighted by Crippen LogP contribution is 2.08. The first-order valence-electron chi connectivity index (χ1n) is 4.46. The largest absolute Gasteiger partial charge is 0.467 e. The Balaban J connectivity index is 2.47. The maximum Gasteiger partial charge on any atom is 0.453 e. The smallest absolute Gasteiger partial charge is 0.453 e. The van der Waals surface area contributed by atoms with E-state index in [9.17, 15) is 4.79 Å². The highest BCUT2D eigenvalue weighted by atomic mass is 32.1. The second-order valence-corrected chi connectivity index (χ2v) is 3.44. The Morgan fingerprint density at radius 2 is 2.33 bits per heavy atom. The van der Waals surface area contributed by atoms with Gasteiger partial charge in [0, 0.05) is 6.54 Å². The van der Waals surface area contributed by atoms with Crippen LogP contribution in [0.2, 0.25) is 6.32 Å². The molecule has 0 aliphatic rings. The molecule has 0 aliphatic carbocycles. The molecular weight excluding hydrogens is 217 g/mol. The molecule has 1 aromatic rings. The van der Waals surface area contributed by atoms with E-state index < -0.39 is 12.4 Å². The van der Waals surface area contributed by atoms with Crippen LogP contribution < -0.4 is 0 Å². The third-order valence-corrected chi connectivity index (χ3v) is 2.14. The average molecular weight is 229 g/mol. The molecule has 0 atom stereocenters. The lowest BCUT2D eigenvalue weighted by Crippen LogP contribution is -2.29. The van der Waals surface area contributed by atoms with Crippen LogP contribution in [-0.2, 0) is 6.54 Å². The first-order valence-corrected chi connectivity index (χ1v) is 4.90. The molecule has 2 N–H and O–H groups in total. The molecule has 1 amide bonds. The molecule has 0 bridgehead atoms. The Morgan fingerprint density at radius 3 is 2.80 bits per heavy atom. The molecule has 1 heterocycles. The molecule has 0 aromatic carbocycles. The van der Waals surface area contributed by atoms with Crippen LogP contribution >= 0.6 is 12.6 Å². The van der Waals surface area contributed by atoms with Crippen LogP contribution in [0.1, 0.15) is 5.76 Å². The number of carbonyl (C=O) groups is 1. The monoisotopic (exact) mass is 229 g/mol. The van der Waals surface area contributed by atoms with Gasteiger partial charge in [-0.3, -0.25) is 4.79 Å². The Labute approximate surface area is 93.2 Å². The Bertz CT molecular complexity index is 304. The van der Waals surface area contributed by atoms with Gasteiger partial charge in [-0.15, -0.1) is 0 Å². The molecule has 0 saturated carbocycles. The minimum absolute atomic E-state index is 0.0903. The van der Waals surface area contributed by atoms with Crippen molar-refractivity contribution in [3.63, 3.8) is 0 Å². The third kappa shape index (κ3) is 4.41. The van der Waals surface area contributed by atoms with Crippen molar-refractivity contribution in [1.29, 1.82) is 0 Å². The van der Waals surface area contributed by atoms with Gasteiger partial charge in [0.25, 0.3) is 5.24 Å². The summed E-state index contributed by atoms with van der Waals surface area (Å²) in [5.74, 6) is 0.629. The molecule has 7 heteroatoms. The molecule has 0 unspecified atom stereocenters. The lowest BCUT2D eigenvalue weighted by Gasteiger charge is -2.18. The fourth-order valence-electron chi connectivity index (χ4n) is 1.10. The van der Waals surface area contributed by atoms with Crippen LogP contribution in [0.4, 0.5) is 4.79 Å². The van der Waals surface area contributed by atoms with Gasteiger partial charge < -0.3 is 19.4 Å². The van der Waals surface area contributed by atoms with Crippen molar-refractivity contribution in [2.45, 2.75) is 12.9 Å². The summed E-state index contributed by atoms with van der Waals surface area (Å²) >= 11 is 3.69. The summed E-state index contributed by atoms with van der Waals surface area (Å²) in [4.78, 5) is 12.4. The van der Waals surface area contributed by atoms with Crippen molar-refractivity contribution in [3.05, 3.63) is 24.2 Å². The SMILES string of the molecule is O=C(S)N(CCB(O)O)Cc1ccco1. The van der Waals surface area contributed by atoms with E-state index >= 15 is 0 Å². The predicted molar refractivity (Wildman–Crippen MR) is 58.5 cm³/mol. The number of hydrogen-bond donors (Lipinski definition) is 3. The quantitative estimate of drug-likeness (QED) is 0.510. The van der Waals surface area contributed by atoms with E-state index in [2.05, 4.69) is 12.6 Å². The molecule has 0 fully saturated rings. The molecule has 0 saturated heterocycles. The van der Waals surface area contributed by atoms with Crippen molar-refractivity contribution in [2.24, 2.45) is 0 Å². The minimum Gasteiger partial charge on any atom is -0.467 e. The summed E-state index contributed by atoms with van der Waals surface area (Å²) in [6.07, 6.45) is 1.60. The van der Waals surface area contributed by atoms with E-state index in [1.54, 1.807) is 12.1 Å². The van der Waals surface area contributed by atoms with Crippen molar-refractivity contribution < 1.29 is 19.3 Å². The zero-order valence-electron chi connectivity index (χ0n) is 8.04. The van der Waals surface area contributed by atoms with E-state index in [4.69, 9.17) is 14.5 Å². The van der Waals surface area contributed by atoms with Crippen molar-refractivity contribution in [2.75, 3.05) is 6.54 Å². The predicted octanol–water partition coefficient (Wildman–Crippen LogP) is 0.604. The van der Waals surface area contributed by atoms with Crippen molar-refractivity contribution >= 4 is 25.0 Å². The van der Waals surface area contributed by atoms with E-state index in [1.165, 1.54) is 11.2 Å². The van der Waals surface area contributed by atoms with Gasteiger partial charge in [-0.1, -0.05) is 12.6 Å². The molecule has 82 valence electrons. The molecule has 0 radical (unpaired) electrons.